The number of carbonyl (C=O) groups is 1. The van der Waals surface area contributed by atoms with Crippen LogP contribution in [-0.2, 0) is 21.2 Å². The smallest absolute Gasteiger partial charge is 0.336 e. The first-order chi connectivity index (χ1) is 17.7. The molecule has 5 aromatic rings. The molecule has 0 fully saturated rings. The Morgan fingerprint density at radius 1 is 1.00 bits per heavy atom. The van der Waals surface area contributed by atoms with Crippen LogP contribution in [0.5, 0.6) is 5.75 Å². The molecule has 37 heavy (non-hydrogen) atoms. The van der Waals surface area contributed by atoms with Gasteiger partial charge in [-0.25, -0.2) is 18.0 Å². The molecule has 8 nitrogen and oxygen atoms in total. The fraction of sp³-hybridized carbons (Fsp3) is 0.143. The highest BCUT2D eigenvalue weighted by Gasteiger charge is 2.29. The lowest BCUT2D eigenvalue weighted by Gasteiger charge is -2.18. The Morgan fingerprint density at radius 2 is 1.76 bits per heavy atom. The average molecular weight is 517 g/mol. The van der Waals surface area contributed by atoms with Crippen molar-refractivity contribution in [1.29, 1.82) is 0 Å². The summed E-state index contributed by atoms with van der Waals surface area (Å²) in [7, 11) is -4.04. The summed E-state index contributed by atoms with van der Waals surface area (Å²) >= 11 is 0. The van der Waals surface area contributed by atoms with Gasteiger partial charge in [0.05, 0.1) is 4.90 Å². The minimum absolute atomic E-state index is 0.0396. The summed E-state index contributed by atoms with van der Waals surface area (Å²) < 4.78 is 39.7. The van der Waals surface area contributed by atoms with Gasteiger partial charge in [0.1, 0.15) is 17.4 Å². The second-order valence-electron chi connectivity index (χ2n) is 8.88. The summed E-state index contributed by atoms with van der Waals surface area (Å²) in [4.78, 5) is 28.3. The van der Waals surface area contributed by atoms with E-state index < -0.39 is 27.7 Å². The Morgan fingerprint density at radius 3 is 2.54 bits per heavy atom. The van der Waals surface area contributed by atoms with Crippen LogP contribution in [0.2, 0.25) is 0 Å². The van der Waals surface area contributed by atoms with Crippen LogP contribution in [0, 0.1) is 13.8 Å². The predicted molar refractivity (Wildman–Crippen MR) is 140 cm³/mol. The largest absolute Gasteiger partial charge is 0.425 e. The third kappa shape index (κ3) is 5.18. The van der Waals surface area contributed by atoms with Crippen molar-refractivity contribution in [3.63, 3.8) is 0 Å². The van der Waals surface area contributed by atoms with E-state index >= 15 is 0 Å². The monoisotopic (exact) mass is 516 g/mol. The number of hydrogen-bond acceptors (Lipinski definition) is 6. The molecule has 0 bridgehead atoms. The van der Waals surface area contributed by atoms with Gasteiger partial charge in [0, 0.05) is 41.0 Å². The average Bonchev–Trinajstić information content (AvgIpc) is 3.26. The van der Waals surface area contributed by atoms with Gasteiger partial charge in [0.25, 0.3) is 0 Å². The SMILES string of the molecule is Cc1ccc(S(=O)(=O)NC(Cc2c[nH]c3ccccc23)C(=O)Oc2ccc3c(C)cc(=O)oc3c2)cc1. The van der Waals surface area contributed by atoms with Crippen LogP contribution in [0.15, 0.2) is 93.1 Å². The Labute approximate surface area is 212 Å². The number of aromatic amines is 1. The zero-order valence-corrected chi connectivity index (χ0v) is 21.0. The molecule has 0 radical (unpaired) electrons. The lowest BCUT2D eigenvalue weighted by Crippen LogP contribution is -2.44. The van der Waals surface area contributed by atoms with E-state index in [1.54, 1.807) is 37.4 Å². The number of benzene rings is 3. The number of nitrogens with one attached hydrogen (secondary N) is 2. The summed E-state index contributed by atoms with van der Waals surface area (Å²) in [6, 6.07) is 18.7. The molecule has 0 aliphatic rings. The number of H-pyrrole nitrogens is 1. The molecule has 1 atom stereocenters. The fourth-order valence-corrected chi connectivity index (χ4v) is 5.41. The second kappa shape index (κ2) is 9.68. The summed E-state index contributed by atoms with van der Waals surface area (Å²) in [6.45, 7) is 3.64. The van der Waals surface area contributed by atoms with Gasteiger partial charge >= 0.3 is 11.6 Å². The normalized spacial score (nSPS) is 12.6. The van der Waals surface area contributed by atoms with E-state index in [0.717, 1.165) is 27.6 Å². The number of carbonyl (C=O) groups excluding carboxylic acids is 1. The van der Waals surface area contributed by atoms with E-state index in [9.17, 15) is 18.0 Å². The Balaban J connectivity index is 1.48. The molecule has 5 rings (SSSR count). The minimum Gasteiger partial charge on any atom is -0.425 e. The van der Waals surface area contributed by atoms with Crippen molar-refractivity contribution in [3.05, 3.63) is 106 Å². The van der Waals surface area contributed by atoms with E-state index in [0.29, 0.717) is 5.39 Å². The Hall–Kier alpha value is -4.21. The lowest BCUT2D eigenvalue weighted by molar-refractivity contribution is -0.136. The quantitative estimate of drug-likeness (QED) is 0.188. The van der Waals surface area contributed by atoms with Crippen molar-refractivity contribution >= 4 is 37.9 Å². The first kappa shape index (κ1) is 24.5. The van der Waals surface area contributed by atoms with Crippen molar-refractivity contribution in [3.8, 4) is 5.75 Å². The molecule has 1 unspecified atom stereocenters. The molecule has 2 aromatic heterocycles. The highest BCUT2D eigenvalue weighted by molar-refractivity contribution is 7.89. The molecular formula is C28H24N2O6S. The van der Waals surface area contributed by atoms with E-state index in [1.807, 2.05) is 31.2 Å². The molecule has 188 valence electrons. The van der Waals surface area contributed by atoms with Gasteiger partial charge in [-0.2, -0.15) is 4.72 Å². The van der Waals surface area contributed by atoms with E-state index in [4.69, 9.17) is 9.15 Å². The summed E-state index contributed by atoms with van der Waals surface area (Å²) in [6.07, 6.45) is 1.80. The van der Waals surface area contributed by atoms with Gasteiger partial charge in [0.2, 0.25) is 10.0 Å². The van der Waals surface area contributed by atoms with Crippen LogP contribution in [0.3, 0.4) is 0 Å². The van der Waals surface area contributed by atoms with Crippen LogP contribution >= 0.6 is 0 Å². The summed E-state index contributed by atoms with van der Waals surface area (Å²) in [5, 5.41) is 1.58. The van der Waals surface area contributed by atoms with Crippen LogP contribution in [0.1, 0.15) is 16.7 Å². The van der Waals surface area contributed by atoms with Gasteiger partial charge in [0.15, 0.2) is 0 Å². The van der Waals surface area contributed by atoms with Crippen molar-refractivity contribution in [1.82, 2.24) is 9.71 Å². The molecule has 0 amide bonds. The third-order valence-electron chi connectivity index (χ3n) is 6.15. The third-order valence-corrected chi connectivity index (χ3v) is 7.64. The standard InChI is InChI=1S/C28H24N2O6S/c1-17-7-10-21(11-8-17)37(33,34)30-25(14-19-16-29-24-6-4-3-5-23(19)24)28(32)35-20-9-12-22-18(2)13-27(31)36-26(22)15-20/h3-13,15-16,25,29-30H,14H2,1-2H3. The molecule has 3 aromatic carbocycles. The number of ether oxygens (including phenoxy) is 1. The Kier molecular flexibility index (Phi) is 6.41. The van der Waals surface area contributed by atoms with Gasteiger partial charge in [-0.05, 0) is 55.3 Å². The van der Waals surface area contributed by atoms with E-state index in [2.05, 4.69) is 9.71 Å². The van der Waals surface area contributed by atoms with Crippen LogP contribution in [0.25, 0.3) is 21.9 Å². The second-order valence-corrected chi connectivity index (χ2v) is 10.6. The number of rotatable bonds is 7. The van der Waals surface area contributed by atoms with Gasteiger partial charge < -0.3 is 14.1 Å². The number of aromatic nitrogens is 1. The molecule has 2 heterocycles. The van der Waals surface area contributed by atoms with Crippen LogP contribution in [0.4, 0.5) is 0 Å². The maximum Gasteiger partial charge on any atom is 0.336 e. The number of aryl methyl sites for hydroxylation is 2. The number of fused-ring (bicyclic) bond motifs is 2. The zero-order chi connectivity index (χ0) is 26.2. The summed E-state index contributed by atoms with van der Waals surface area (Å²) in [5.41, 5.74) is 3.01. The minimum atomic E-state index is -4.04. The molecule has 2 N–H and O–H groups in total. The molecule has 0 saturated heterocycles. The van der Waals surface area contributed by atoms with Gasteiger partial charge in [-0.15, -0.1) is 0 Å². The van der Waals surface area contributed by atoms with Crippen molar-refractivity contribution in [2.24, 2.45) is 0 Å². The molecule has 0 spiro atoms. The number of esters is 1. The highest BCUT2D eigenvalue weighted by Crippen LogP contribution is 2.24. The number of para-hydroxylation sites is 1. The maximum atomic E-state index is 13.4. The van der Waals surface area contributed by atoms with Crippen LogP contribution < -0.4 is 15.1 Å². The summed E-state index contributed by atoms with van der Waals surface area (Å²) in [5.74, 6) is -0.667. The lowest BCUT2D eigenvalue weighted by atomic mass is 10.1. The van der Waals surface area contributed by atoms with Gasteiger partial charge in [-0.3, -0.25) is 0 Å². The molecule has 0 aliphatic heterocycles. The number of hydrogen-bond donors (Lipinski definition) is 2. The fourth-order valence-electron chi connectivity index (χ4n) is 4.22. The topological polar surface area (TPSA) is 118 Å². The first-order valence-electron chi connectivity index (χ1n) is 11.6. The molecule has 9 heteroatoms. The first-order valence-corrected chi connectivity index (χ1v) is 13.1. The van der Waals surface area contributed by atoms with Crippen molar-refractivity contribution in [2.45, 2.75) is 31.2 Å². The van der Waals surface area contributed by atoms with Gasteiger partial charge in [-0.1, -0.05) is 35.9 Å². The van der Waals surface area contributed by atoms with Crippen molar-refractivity contribution < 1.29 is 22.4 Å². The Bertz CT molecular complexity index is 1790. The molecular weight excluding hydrogens is 492 g/mol. The molecule has 0 saturated carbocycles. The van der Waals surface area contributed by atoms with E-state index in [-0.39, 0.29) is 22.6 Å². The molecule has 0 aliphatic carbocycles. The zero-order valence-electron chi connectivity index (χ0n) is 20.1. The predicted octanol–water partition coefficient (Wildman–Crippen LogP) is 4.39. The number of sulfonamides is 1. The highest BCUT2D eigenvalue weighted by atomic mass is 32.2. The van der Waals surface area contributed by atoms with Crippen LogP contribution in [-0.4, -0.2) is 25.4 Å². The van der Waals surface area contributed by atoms with E-state index in [1.165, 1.54) is 24.3 Å². The van der Waals surface area contributed by atoms with Crippen molar-refractivity contribution in [2.75, 3.05) is 0 Å². The maximum absolute atomic E-state index is 13.4.